The summed E-state index contributed by atoms with van der Waals surface area (Å²) < 4.78 is 15.1. The summed E-state index contributed by atoms with van der Waals surface area (Å²) in [7, 11) is 0. The molecule has 12 heavy (non-hydrogen) atoms. The maximum Gasteiger partial charge on any atom is 0.164 e. The van der Waals surface area contributed by atoms with Crippen LogP contribution in [-0.2, 0) is 51.7 Å². The first-order valence-electron chi connectivity index (χ1n) is 3.68. The van der Waals surface area contributed by atoms with Crippen molar-refractivity contribution >= 4 is 6.47 Å². The minimum absolute atomic E-state index is 0. The minimum Gasteiger partial charge on any atom is -0.649 e. The van der Waals surface area contributed by atoms with Crippen LogP contribution in [0, 0.1) is 5.92 Å². The SMILES string of the molecule is O=[C-]O[C@@H]1CO[C@@H]2OCC[C@@H]21.[Y]. The third kappa shape index (κ3) is 1.87. The zero-order valence-electron chi connectivity index (χ0n) is 6.56. The Hall–Kier alpha value is 0.494. The Morgan fingerprint density at radius 1 is 1.42 bits per heavy atom. The van der Waals surface area contributed by atoms with E-state index >= 15 is 0 Å². The van der Waals surface area contributed by atoms with Crippen LogP contribution < -0.4 is 0 Å². The number of rotatable bonds is 2. The van der Waals surface area contributed by atoms with Crippen molar-refractivity contribution in [3.63, 3.8) is 0 Å². The summed E-state index contributed by atoms with van der Waals surface area (Å²) in [4.78, 5) is 9.91. The van der Waals surface area contributed by atoms with Gasteiger partial charge in [0.2, 0.25) is 0 Å². The predicted molar refractivity (Wildman–Crippen MR) is 34.4 cm³/mol. The van der Waals surface area contributed by atoms with Gasteiger partial charge in [0, 0.05) is 38.6 Å². The van der Waals surface area contributed by atoms with Crippen LogP contribution in [0.3, 0.4) is 0 Å². The summed E-state index contributed by atoms with van der Waals surface area (Å²) >= 11 is 0. The molecule has 2 aliphatic heterocycles. The van der Waals surface area contributed by atoms with Gasteiger partial charge in [0.25, 0.3) is 0 Å². The van der Waals surface area contributed by atoms with Gasteiger partial charge in [-0.3, -0.25) is 0 Å². The van der Waals surface area contributed by atoms with Gasteiger partial charge in [-0.1, -0.05) is 6.47 Å². The maximum atomic E-state index is 9.91. The number of hydrogen-bond donors (Lipinski definition) is 0. The molecule has 5 heteroatoms. The average molecular weight is 246 g/mol. The van der Waals surface area contributed by atoms with Gasteiger partial charge < -0.3 is 19.0 Å². The van der Waals surface area contributed by atoms with E-state index in [4.69, 9.17) is 14.2 Å². The quantitative estimate of drug-likeness (QED) is 0.634. The molecule has 0 saturated carbocycles. The van der Waals surface area contributed by atoms with Crippen molar-refractivity contribution in [2.75, 3.05) is 13.2 Å². The van der Waals surface area contributed by atoms with E-state index < -0.39 is 0 Å². The van der Waals surface area contributed by atoms with Crippen LogP contribution in [-0.4, -0.2) is 32.1 Å². The molecule has 0 aromatic heterocycles. The largest absolute Gasteiger partial charge is 0.649 e. The Balaban J connectivity index is 0.000000720. The second kappa shape index (κ2) is 4.65. The van der Waals surface area contributed by atoms with Crippen molar-refractivity contribution in [3.05, 3.63) is 0 Å². The van der Waals surface area contributed by atoms with Crippen molar-refractivity contribution in [2.45, 2.75) is 18.8 Å². The summed E-state index contributed by atoms with van der Waals surface area (Å²) in [5.41, 5.74) is 0. The fraction of sp³-hybridized carbons (Fsp3) is 0.857. The zero-order chi connectivity index (χ0) is 7.68. The third-order valence-electron chi connectivity index (χ3n) is 2.18. The molecule has 0 aromatic carbocycles. The first kappa shape index (κ1) is 10.6. The number of ether oxygens (including phenoxy) is 3. The monoisotopic (exact) mass is 246 g/mol. The molecule has 0 spiro atoms. The maximum absolute atomic E-state index is 9.91. The van der Waals surface area contributed by atoms with Gasteiger partial charge in [0.15, 0.2) is 6.29 Å². The fourth-order valence-corrected chi connectivity index (χ4v) is 1.61. The van der Waals surface area contributed by atoms with Gasteiger partial charge >= 0.3 is 0 Å². The summed E-state index contributed by atoms with van der Waals surface area (Å²) in [5, 5.41) is 0. The molecule has 2 saturated heterocycles. The van der Waals surface area contributed by atoms with Crippen molar-refractivity contribution in [3.8, 4) is 0 Å². The first-order valence-corrected chi connectivity index (χ1v) is 3.68. The molecule has 0 N–H and O–H groups in total. The molecule has 0 bridgehead atoms. The van der Waals surface area contributed by atoms with E-state index in [1.165, 1.54) is 6.47 Å². The van der Waals surface area contributed by atoms with Crippen LogP contribution in [0.2, 0.25) is 0 Å². The van der Waals surface area contributed by atoms with Crippen LogP contribution in [0.1, 0.15) is 6.42 Å². The summed E-state index contributed by atoms with van der Waals surface area (Å²) in [6.07, 6.45) is 0.630. The standard InChI is InChI=1S/C7H9O4.Y/c8-4-11-6-3-10-7-5(6)1-2-9-7;/h5-7H,1-3H2;/q-1;/t5-,6-,7+;/m1./s1. The van der Waals surface area contributed by atoms with Crippen molar-refractivity contribution in [1.82, 2.24) is 0 Å². The predicted octanol–water partition coefficient (Wildman–Crippen LogP) is -0.171. The van der Waals surface area contributed by atoms with E-state index in [1.807, 2.05) is 0 Å². The fourth-order valence-electron chi connectivity index (χ4n) is 1.61. The van der Waals surface area contributed by atoms with Gasteiger partial charge in [-0.25, -0.2) is 0 Å². The molecule has 65 valence electrons. The molecular formula is C7H9O4Y-. The zero-order valence-corrected chi connectivity index (χ0v) is 9.40. The molecule has 0 amide bonds. The topological polar surface area (TPSA) is 44.8 Å². The summed E-state index contributed by atoms with van der Waals surface area (Å²) in [6.45, 7) is 2.59. The van der Waals surface area contributed by atoms with Crippen molar-refractivity contribution < 1.29 is 51.7 Å². The van der Waals surface area contributed by atoms with Gasteiger partial charge in [0.1, 0.15) is 0 Å². The Morgan fingerprint density at radius 2 is 2.25 bits per heavy atom. The smallest absolute Gasteiger partial charge is 0.164 e. The van der Waals surface area contributed by atoms with E-state index in [0.717, 1.165) is 6.42 Å². The number of fused-ring (bicyclic) bond motifs is 1. The molecule has 2 heterocycles. The van der Waals surface area contributed by atoms with E-state index in [-0.39, 0.29) is 51.0 Å². The Kier molecular flexibility index (Phi) is 4.10. The summed E-state index contributed by atoms with van der Waals surface area (Å²) in [6, 6.07) is 0. The third-order valence-corrected chi connectivity index (χ3v) is 2.18. The molecule has 1 radical (unpaired) electrons. The van der Waals surface area contributed by atoms with Gasteiger partial charge in [-0.15, -0.1) is 0 Å². The van der Waals surface area contributed by atoms with Crippen LogP contribution in [0.15, 0.2) is 0 Å². The number of hydrogen-bond acceptors (Lipinski definition) is 4. The van der Waals surface area contributed by atoms with Gasteiger partial charge in [-0.05, 0) is 6.42 Å². The Bertz CT molecular complexity index is 163. The van der Waals surface area contributed by atoms with E-state index in [9.17, 15) is 4.79 Å². The average Bonchev–Trinajstić information content (AvgIpc) is 2.53. The molecule has 0 aromatic rings. The Morgan fingerprint density at radius 3 is 3.00 bits per heavy atom. The molecule has 2 fully saturated rings. The normalized spacial score (nSPS) is 38.5. The van der Waals surface area contributed by atoms with E-state index in [2.05, 4.69) is 0 Å². The van der Waals surface area contributed by atoms with Crippen LogP contribution in [0.4, 0.5) is 0 Å². The molecule has 3 atom stereocenters. The molecular weight excluding hydrogens is 237 g/mol. The van der Waals surface area contributed by atoms with Crippen molar-refractivity contribution in [2.24, 2.45) is 5.92 Å². The second-order valence-electron chi connectivity index (χ2n) is 2.76. The molecule has 0 aliphatic carbocycles. The van der Waals surface area contributed by atoms with Gasteiger partial charge in [-0.2, -0.15) is 0 Å². The molecule has 4 nitrogen and oxygen atoms in total. The Labute approximate surface area is 95.8 Å². The number of carbonyl (C=O) groups excluding carboxylic acids is 1. The first-order chi connectivity index (χ1) is 5.42. The van der Waals surface area contributed by atoms with E-state index in [0.29, 0.717) is 13.2 Å². The van der Waals surface area contributed by atoms with Crippen LogP contribution >= 0.6 is 0 Å². The van der Waals surface area contributed by atoms with Crippen LogP contribution in [0.5, 0.6) is 0 Å². The second-order valence-corrected chi connectivity index (χ2v) is 2.76. The minimum atomic E-state index is -0.145. The molecule has 2 rings (SSSR count). The van der Waals surface area contributed by atoms with Crippen LogP contribution in [0.25, 0.3) is 0 Å². The molecule has 0 unspecified atom stereocenters. The summed E-state index contributed by atoms with van der Waals surface area (Å²) in [5.74, 6) is 0.233. The van der Waals surface area contributed by atoms with E-state index in [1.54, 1.807) is 0 Å². The van der Waals surface area contributed by atoms with Crippen molar-refractivity contribution in [1.29, 1.82) is 0 Å². The molecule has 2 aliphatic rings. The van der Waals surface area contributed by atoms with Gasteiger partial charge in [0.05, 0.1) is 19.3 Å².